The van der Waals surface area contributed by atoms with Gasteiger partial charge in [-0.25, -0.2) is 4.39 Å². The molecule has 0 saturated carbocycles. The minimum absolute atomic E-state index is 0.0680. The Labute approximate surface area is 105 Å². The minimum atomic E-state index is -0.604. The van der Waals surface area contributed by atoms with Crippen molar-refractivity contribution in [2.75, 3.05) is 5.32 Å². The molecule has 0 aliphatic rings. The molecule has 1 amide bonds. The maximum Gasteiger partial charge on any atom is 0.262 e. The molecular weight excluding hydrogens is 291 g/mol. The van der Waals surface area contributed by atoms with Gasteiger partial charge in [0.1, 0.15) is 5.82 Å². The Balaban J connectivity index is 2.26. The Kier molecular flexibility index (Phi) is 3.23. The number of anilines is 1. The van der Waals surface area contributed by atoms with Gasteiger partial charge in [0.05, 0.1) is 11.3 Å². The van der Waals surface area contributed by atoms with Crippen LogP contribution in [0.3, 0.4) is 0 Å². The van der Waals surface area contributed by atoms with E-state index in [-0.39, 0.29) is 11.4 Å². The lowest BCUT2D eigenvalue weighted by atomic mass is 10.2. The van der Waals surface area contributed by atoms with Crippen LogP contribution in [0.15, 0.2) is 33.3 Å². The lowest BCUT2D eigenvalue weighted by Crippen LogP contribution is -2.14. The Morgan fingerprint density at radius 3 is 2.88 bits per heavy atom. The Bertz CT molecular complexity index is 548. The van der Waals surface area contributed by atoms with Gasteiger partial charge < -0.3 is 4.52 Å². The largest absolute Gasteiger partial charge is 0.338 e. The molecule has 0 aliphatic heterocycles. The van der Waals surface area contributed by atoms with Gasteiger partial charge in [0.25, 0.3) is 5.91 Å². The van der Waals surface area contributed by atoms with Gasteiger partial charge in [0, 0.05) is 10.5 Å². The number of aryl methyl sites for hydroxylation is 1. The van der Waals surface area contributed by atoms with E-state index in [1.54, 1.807) is 19.1 Å². The maximum atomic E-state index is 13.5. The lowest BCUT2D eigenvalue weighted by molar-refractivity contribution is 0.101. The van der Waals surface area contributed by atoms with E-state index >= 15 is 0 Å². The van der Waals surface area contributed by atoms with Crippen molar-refractivity contribution < 1.29 is 13.7 Å². The number of carbonyl (C=O) groups excluding carboxylic acids is 1. The standard InChI is InChI=1S/C11H8BrFN2O2/c1-6-5-9(17-15-6)14-11(16)10-7(12)3-2-4-8(10)13/h2-5H,1H3,(H,14,16). The van der Waals surface area contributed by atoms with Crippen molar-refractivity contribution in [2.24, 2.45) is 0 Å². The molecule has 0 fully saturated rings. The normalized spacial score (nSPS) is 10.3. The zero-order chi connectivity index (χ0) is 12.4. The molecule has 6 heteroatoms. The molecule has 2 aromatic rings. The molecule has 4 nitrogen and oxygen atoms in total. The first-order valence-electron chi connectivity index (χ1n) is 4.76. The van der Waals surface area contributed by atoms with Crippen LogP contribution in [-0.4, -0.2) is 11.1 Å². The second-order valence-electron chi connectivity index (χ2n) is 3.38. The predicted octanol–water partition coefficient (Wildman–Crippen LogP) is 3.14. The van der Waals surface area contributed by atoms with E-state index in [9.17, 15) is 9.18 Å². The first-order valence-corrected chi connectivity index (χ1v) is 5.56. The van der Waals surface area contributed by atoms with Crippen molar-refractivity contribution in [3.8, 4) is 0 Å². The van der Waals surface area contributed by atoms with E-state index in [0.717, 1.165) is 0 Å². The summed E-state index contributed by atoms with van der Waals surface area (Å²) in [5, 5.41) is 6.04. The van der Waals surface area contributed by atoms with Crippen molar-refractivity contribution >= 4 is 27.7 Å². The van der Waals surface area contributed by atoms with E-state index in [1.165, 1.54) is 12.1 Å². The SMILES string of the molecule is Cc1cc(NC(=O)c2c(F)cccc2Br)on1. The van der Waals surface area contributed by atoms with Gasteiger partial charge >= 0.3 is 0 Å². The number of carbonyl (C=O) groups is 1. The molecular formula is C11H8BrFN2O2. The molecule has 0 saturated heterocycles. The van der Waals surface area contributed by atoms with Crippen LogP contribution in [0.2, 0.25) is 0 Å². The summed E-state index contributed by atoms with van der Waals surface area (Å²) in [7, 11) is 0. The fourth-order valence-corrected chi connectivity index (χ4v) is 1.83. The molecule has 0 spiro atoms. The fourth-order valence-electron chi connectivity index (χ4n) is 1.31. The molecule has 17 heavy (non-hydrogen) atoms. The first-order chi connectivity index (χ1) is 8.08. The highest BCUT2D eigenvalue weighted by molar-refractivity contribution is 9.10. The van der Waals surface area contributed by atoms with E-state index in [2.05, 4.69) is 26.4 Å². The zero-order valence-corrected chi connectivity index (χ0v) is 10.4. The van der Waals surface area contributed by atoms with E-state index in [1.807, 2.05) is 0 Å². The van der Waals surface area contributed by atoms with Gasteiger partial charge in [0.2, 0.25) is 5.88 Å². The minimum Gasteiger partial charge on any atom is -0.338 e. The summed E-state index contributed by atoms with van der Waals surface area (Å²) >= 11 is 3.12. The molecule has 1 heterocycles. The molecule has 1 aromatic heterocycles. The van der Waals surface area contributed by atoms with Gasteiger partial charge in [-0.2, -0.15) is 0 Å². The third kappa shape index (κ3) is 2.52. The van der Waals surface area contributed by atoms with Gasteiger partial charge in [-0.15, -0.1) is 0 Å². The number of hydrogen-bond donors (Lipinski definition) is 1. The van der Waals surface area contributed by atoms with E-state index in [4.69, 9.17) is 4.52 Å². The number of amides is 1. The third-order valence-electron chi connectivity index (χ3n) is 2.05. The summed E-state index contributed by atoms with van der Waals surface area (Å²) < 4.78 is 18.7. The average molecular weight is 299 g/mol. The van der Waals surface area contributed by atoms with Crippen LogP contribution in [0.4, 0.5) is 10.3 Å². The number of halogens is 2. The average Bonchev–Trinajstić information content (AvgIpc) is 2.63. The van der Waals surface area contributed by atoms with E-state index < -0.39 is 11.7 Å². The molecule has 0 bridgehead atoms. The van der Waals surface area contributed by atoms with Crippen molar-refractivity contribution in [2.45, 2.75) is 6.92 Å². The Morgan fingerprint density at radius 2 is 2.29 bits per heavy atom. The highest BCUT2D eigenvalue weighted by Gasteiger charge is 2.16. The van der Waals surface area contributed by atoms with Gasteiger partial charge in [0.15, 0.2) is 0 Å². The number of hydrogen-bond acceptors (Lipinski definition) is 3. The van der Waals surface area contributed by atoms with E-state index in [0.29, 0.717) is 10.2 Å². The molecule has 0 aliphatic carbocycles. The fraction of sp³-hybridized carbons (Fsp3) is 0.0909. The van der Waals surface area contributed by atoms with Crippen molar-refractivity contribution in [3.63, 3.8) is 0 Å². The predicted molar refractivity (Wildman–Crippen MR) is 63.3 cm³/mol. The molecule has 0 unspecified atom stereocenters. The van der Waals surface area contributed by atoms with Crippen molar-refractivity contribution in [1.82, 2.24) is 5.16 Å². The molecule has 1 aromatic carbocycles. The number of rotatable bonds is 2. The summed E-state index contributed by atoms with van der Waals surface area (Å²) in [5.74, 6) is -1.01. The second kappa shape index (κ2) is 4.67. The summed E-state index contributed by atoms with van der Waals surface area (Å²) in [4.78, 5) is 11.8. The topological polar surface area (TPSA) is 55.1 Å². The zero-order valence-electron chi connectivity index (χ0n) is 8.83. The summed E-state index contributed by atoms with van der Waals surface area (Å²) in [6.07, 6.45) is 0. The number of aromatic nitrogens is 1. The lowest BCUT2D eigenvalue weighted by Gasteiger charge is -2.04. The Hall–Kier alpha value is -1.69. The maximum absolute atomic E-state index is 13.5. The van der Waals surface area contributed by atoms with Crippen LogP contribution in [-0.2, 0) is 0 Å². The van der Waals surface area contributed by atoms with Crippen LogP contribution in [0, 0.1) is 12.7 Å². The van der Waals surface area contributed by atoms with Gasteiger partial charge in [-0.1, -0.05) is 11.2 Å². The smallest absolute Gasteiger partial charge is 0.262 e. The van der Waals surface area contributed by atoms with Crippen LogP contribution in [0.1, 0.15) is 16.1 Å². The quantitative estimate of drug-likeness (QED) is 0.927. The number of nitrogens with zero attached hydrogens (tertiary/aromatic N) is 1. The highest BCUT2D eigenvalue weighted by atomic mass is 79.9. The Morgan fingerprint density at radius 1 is 1.53 bits per heavy atom. The second-order valence-corrected chi connectivity index (χ2v) is 4.24. The highest BCUT2D eigenvalue weighted by Crippen LogP contribution is 2.21. The third-order valence-corrected chi connectivity index (χ3v) is 2.72. The molecule has 1 N–H and O–H groups in total. The first kappa shape index (κ1) is 11.8. The monoisotopic (exact) mass is 298 g/mol. The molecule has 0 radical (unpaired) electrons. The van der Waals surface area contributed by atoms with Crippen molar-refractivity contribution in [3.05, 3.63) is 45.8 Å². The molecule has 88 valence electrons. The van der Waals surface area contributed by atoms with Gasteiger partial charge in [-0.3, -0.25) is 10.1 Å². The molecule has 0 atom stereocenters. The number of nitrogens with one attached hydrogen (secondary N) is 1. The van der Waals surface area contributed by atoms with Gasteiger partial charge in [-0.05, 0) is 35.0 Å². The van der Waals surface area contributed by atoms with Crippen LogP contribution in [0.5, 0.6) is 0 Å². The summed E-state index contributed by atoms with van der Waals surface area (Å²) in [6, 6.07) is 5.86. The molecule has 2 rings (SSSR count). The van der Waals surface area contributed by atoms with Crippen molar-refractivity contribution in [1.29, 1.82) is 0 Å². The van der Waals surface area contributed by atoms with Crippen LogP contribution >= 0.6 is 15.9 Å². The summed E-state index contributed by atoms with van der Waals surface area (Å²) in [6.45, 7) is 1.72. The number of benzene rings is 1. The van der Waals surface area contributed by atoms with Crippen LogP contribution < -0.4 is 5.32 Å². The van der Waals surface area contributed by atoms with Crippen LogP contribution in [0.25, 0.3) is 0 Å². The summed E-state index contributed by atoms with van der Waals surface area (Å²) in [5.41, 5.74) is 0.564.